The van der Waals surface area contributed by atoms with Crippen molar-refractivity contribution < 1.29 is 4.74 Å². The number of para-hydroxylation sites is 1. The van der Waals surface area contributed by atoms with Gasteiger partial charge in [0.25, 0.3) is 0 Å². The number of aromatic nitrogens is 1. The van der Waals surface area contributed by atoms with Gasteiger partial charge in [0.15, 0.2) is 0 Å². The summed E-state index contributed by atoms with van der Waals surface area (Å²) >= 11 is 7.23. The van der Waals surface area contributed by atoms with Crippen molar-refractivity contribution in [1.29, 1.82) is 0 Å². The van der Waals surface area contributed by atoms with Crippen LogP contribution in [0.25, 0.3) is 0 Å². The number of rotatable bonds is 4. The van der Waals surface area contributed by atoms with E-state index >= 15 is 0 Å². The lowest BCUT2D eigenvalue weighted by Crippen LogP contribution is -1.94. The summed E-state index contributed by atoms with van der Waals surface area (Å²) in [6.45, 7) is 0.506. The number of hydrogen-bond donors (Lipinski definition) is 0. The molecule has 0 unspecified atom stereocenters. The standard InChI is InChI=1S/C11H10ClNOS/c12-6-9-8-15-11(13-9)7-14-10-4-2-1-3-5-10/h1-5,8H,6-7H2. The molecule has 15 heavy (non-hydrogen) atoms. The van der Waals surface area contributed by atoms with Crippen LogP contribution in [0.4, 0.5) is 0 Å². The Balaban J connectivity index is 1.93. The van der Waals surface area contributed by atoms with E-state index in [9.17, 15) is 0 Å². The summed E-state index contributed by atoms with van der Waals surface area (Å²) in [5.74, 6) is 1.32. The lowest BCUT2D eigenvalue weighted by atomic mass is 10.3. The predicted octanol–water partition coefficient (Wildman–Crippen LogP) is 3.46. The molecule has 2 rings (SSSR count). The molecular weight excluding hydrogens is 230 g/mol. The number of hydrogen-bond acceptors (Lipinski definition) is 3. The van der Waals surface area contributed by atoms with Crippen LogP contribution in [0.1, 0.15) is 10.7 Å². The first-order valence-corrected chi connectivity index (χ1v) is 5.97. The number of alkyl halides is 1. The molecule has 0 bridgehead atoms. The average Bonchev–Trinajstić information content (AvgIpc) is 2.76. The van der Waals surface area contributed by atoms with Crippen LogP contribution in [0.2, 0.25) is 0 Å². The fourth-order valence-corrected chi connectivity index (χ4v) is 2.07. The van der Waals surface area contributed by atoms with Gasteiger partial charge in [-0.25, -0.2) is 4.98 Å². The summed E-state index contributed by atoms with van der Waals surface area (Å²) in [4.78, 5) is 4.31. The van der Waals surface area contributed by atoms with Gasteiger partial charge in [0.05, 0.1) is 11.6 Å². The smallest absolute Gasteiger partial charge is 0.140 e. The number of ether oxygens (including phenoxy) is 1. The number of nitrogens with zero attached hydrogens (tertiary/aromatic N) is 1. The fraction of sp³-hybridized carbons (Fsp3) is 0.182. The Morgan fingerprint density at radius 2 is 2.07 bits per heavy atom. The second-order valence-electron chi connectivity index (χ2n) is 2.97. The van der Waals surface area contributed by atoms with Crippen LogP contribution >= 0.6 is 22.9 Å². The molecule has 0 atom stereocenters. The highest BCUT2D eigenvalue weighted by atomic mass is 35.5. The van der Waals surface area contributed by atoms with Crippen LogP contribution in [0, 0.1) is 0 Å². The number of halogens is 1. The van der Waals surface area contributed by atoms with E-state index in [1.54, 1.807) is 11.3 Å². The van der Waals surface area contributed by atoms with Crippen molar-refractivity contribution in [2.24, 2.45) is 0 Å². The Morgan fingerprint density at radius 3 is 2.73 bits per heavy atom. The predicted molar refractivity (Wildman–Crippen MR) is 62.4 cm³/mol. The highest BCUT2D eigenvalue weighted by Gasteiger charge is 2.01. The molecule has 0 spiro atoms. The summed E-state index contributed by atoms with van der Waals surface area (Å²) < 4.78 is 5.55. The Morgan fingerprint density at radius 1 is 1.27 bits per heavy atom. The highest BCUT2D eigenvalue weighted by Crippen LogP contribution is 2.15. The van der Waals surface area contributed by atoms with Gasteiger partial charge in [-0.1, -0.05) is 18.2 Å². The third-order valence-corrected chi connectivity index (χ3v) is 2.99. The minimum absolute atomic E-state index is 0.460. The van der Waals surface area contributed by atoms with Crippen molar-refractivity contribution in [2.75, 3.05) is 0 Å². The topological polar surface area (TPSA) is 22.1 Å². The van der Waals surface area contributed by atoms with Crippen molar-refractivity contribution in [2.45, 2.75) is 12.5 Å². The van der Waals surface area contributed by atoms with E-state index in [0.29, 0.717) is 12.5 Å². The monoisotopic (exact) mass is 239 g/mol. The molecule has 1 heterocycles. The molecule has 0 aliphatic rings. The van der Waals surface area contributed by atoms with E-state index in [2.05, 4.69) is 4.98 Å². The normalized spacial score (nSPS) is 10.2. The van der Waals surface area contributed by atoms with Gasteiger partial charge in [0, 0.05) is 5.38 Å². The zero-order chi connectivity index (χ0) is 10.5. The van der Waals surface area contributed by atoms with Crippen LogP contribution < -0.4 is 4.74 Å². The summed E-state index contributed by atoms with van der Waals surface area (Å²) in [7, 11) is 0. The SMILES string of the molecule is ClCc1csc(COc2ccccc2)n1. The zero-order valence-electron chi connectivity index (χ0n) is 8.02. The van der Waals surface area contributed by atoms with Gasteiger partial charge in [0.1, 0.15) is 17.4 Å². The van der Waals surface area contributed by atoms with Gasteiger partial charge >= 0.3 is 0 Å². The van der Waals surface area contributed by atoms with E-state index in [1.165, 1.54) is 0 Å². The third kappa shape index (κ3) is 2.94. The van der Waals surface area contributed by atoms with Crippen molar-refractivity contribution in [3.8, 4) is 5.75 Å². The van der Waals surface area contributed by atoms with E-state index in [0.717, 1.165) is 16.5 Å². The number of benzene rings is 1. The second kappa shape index (κ2) is 5.14. The first-order valence-electron chi connectivity index (χ1n) is 4.55. The van der Waals surface area contributed by atoms with E-state index in [4.69, 9.17) is 16.3 Å². The molecule has 0 saturated carbocycles. The van der Waals surface area contributed by atoms with Gasteiger partial charge in [-0.2, -0.15) is 0 Å². The average molecular weight is 240 g/mol. The molecule has 0 saturated heterocycles. The van der Waals surface area contributed by atoms with Gasteiger partial charge in [-0.3, -0.25) is 0 Å². The maximum Gasteiger partial charge on any atom is 0.140 e. The Hall–Kier alpha value is -1.06. The van der Waals surface area contributed by atoms with Crippen LogP contribution in [0.5, 0.6) is 5.75 Å². The fourth-order valence-electron chi connectivity index (χ4n) is 1.14. The summed E-state index contributed by atoms with van der Waals surface area (Å²) in [5, 5.41) is 2.91. The molecule has 0 fully saturated rings. The minimum Gasteiger partial charge on any atom is -0.486 e. The van der Waals surface area contributed by atoms with Crippen molar-refractivity contribution in [3.05, 3.63) is 46.4 Å². The Bertz CT molecular complexity index is 416. The molecule has 0 aliphatic heterocycles. The van der Waals surface area contributed by atoms with Gasteiger partial charge in [-0.15, -0.1) is 22.9 Å². The third-order valence-electron chi connectivity index (χ3n) is 1.84. The molecule has 1 aromatic carbocycles. The largest absolute Gasteiger partial charge is 0.486 e. The van der Waals surface area contributed by atoms with Gasteiger partial charge in [-0.05, 0) is 12.1 Å². The van der Waals surface area contributed by atoms with Crippen molar-refractivity contribution in [3.63, 3.8) is 0 Å². The first kappa shape index (κ1) is 10.5. The van der Waals surface area contributed by atoms with E-state index < -0.39 is 0 Å². The zero-order valence-corrected chi connectivity index (χ0v) is 9.59. The lowest BCUT2D eigenvalue weighted by molar-refractivity contribution is 0.305. The maximum absolute atomic E-state index is 5.66. The summed E-state index contributed by atoms with van der Waals surface area (Å²) in [6, 6.07) is 9.71. The Kier molecular flexibility index (Phi) is 3.59. The minimum atomic E-state index is 0.460. The van der Waals surface area contributed by atoms with Crippen molar-refractivity contribution >= 4 is 22.9 Å². The van der Waals surface area contributed by atoms with Crippen LogP contribution in [-0.2, 0) is 12.5 Å². The second-order valence-corrected chi connectivity index (χ2v) is 4.18. The molecule has 0 radical (unpaired) electrons. The molecule has 0 amide bonds. The Labute approximate surface area is 97.5 Å². The molecule has 0 N–H and O–H groups in total. The van der Waals surface area contributed by atoms with Gasteiger partial charge < -0.3 is 4.74 Å². The van der Waals surface area contributed by atoms with E-state index in [-0.39, 0.29) is 0 Å². The number of thiazole rings is 1. The molecule has 0 aliphatic carbocycles. The molecule has 1 aromatic heterocycles. The first-order chi connectivity index (χ1) is 7.38. The molecule has 2 nitrogen and oxygen atoms in total. The molecule has 2 aromatic rings. The van der Waals surface area contributed by atoms with Crippen LogP contribution in [0.15, 0.2) is 35.7 Å². The summed E-state index contributed by atoms with van der Waals surface area (Å²) in [6.07, 6.45) is 0. The highest BCUT2D eigenvalue weighted by molar-refractivity contribution is 7.09. The lowest BCUT2D eigenvalue weighted by Gasteiger charge is -2.02. The van der Waals surface area contributed by atoms with Gasteiger partial charge in [0.2, 0.25) is 0 Å². The molecule has 78 valence electrons. The summed E-state index contributed by atoms with van der Waals surface area (Å²) in [5.41, 5.74) is 0.910. The quantitative estimate of drug-likeness (QED) is 0.763. The van der Waals surface area contributed by atoms with E-state index in [1.807, 2.05) is 35.7 Å². The van der Waals surface area contributed by atoms with Crippen LogP contribution in [-0.4, -0.2) is 4.98 Å². The molecule has 4 heteroatoms. The van der Waals surface area contributed by atoms with Crippen LogP contribution in [0.3, 0.4) is 0 Å². The van der Waals surface area contributed by atoms with Crippen molar-refractivity contribution in [1.82, 2.24) is 4.98 Å². The maximum atomic E-state index is 5.66. The molecular formula is C11H10ClNOS.